The number of hydrogen-bond acceptors (Lipinski definition) is 5. The van der Waals surface area contributed by atoms with Crippen molar-refractivity contribution < 1.29 is 29.0 Å². The number of esters is 2. The number of carboxylic acids is 1. The number of rotatable bonds is 10. The predicted molar refractivity (Wildman–Crippen MR) is 108 cm³/mol. The average molecular weight is 454 g/mol. The first kappa shape index (κ1) is 24.5. The van der Waals surface area contributed by atoms with Crippen LogP contribution < -0.4 is 4.74 Å². The van der Waals surface area contributed by atoms with Crippen LogP contribution in [-0.2, 0) is 14.3 Å². The van der Waals surface area contributed by atoms with Crippen LogP contribution in [0, 0.1) is 5.92 Å². The van der Waals surface area contributed by atoms with Crippen LogP contribution in [0.25, 0.3) is 0 Å². The number of carboxylic acid groups (broad SMARTS) is 1. The molecule has 0 fully saturated rings. The Morgan fingerprint density at radius 3 is 2.32 bits per heavy atom. The summed E-state index contributed by atoms with van der Waals surface area (Å²) in [6.07, 6.45) is 6.04. The lowest BCUT2D eigenvalue weighted by Gasteiger charge is -2.13. The Kier molecular flexibility index (Phi) is 10.6. The van der Waals surface area contributed by atoms with Gasteiger partial charge in [-0.2, -0.15) is 0 Å². The van der Waals surface area contributed by atoms with Crippen LogP contribution in [0.2, 0.25) is 15.1 Å². The molecule has 6 nitrogen and oxygen atoms in total. The first-order valence-corrected chi connectivity index (χ1v) is 10.1. The van der Waals surface area contributed by atoms with Gasteiger partial charge in [-0.05, 0) is 18.4 Å². The van der Waals surface area contributed by atoms with E-state index in [1.807, 2.05) is 0 Å². The molecular weight excluding hydrogens is 431 g/mol. The Hall–Kier alpha value is -1.50. The molecule has 1 aromatic carbocycles. The van der Waals surface area contributed by atoms with E-state index in [4.69, 9.17) is 44.6 Å². The molecule has 9 heteroatoms. The van der Waals surface area contributed by atoms with Crippen LogP contribution >= 0.6 is 34.8 Å². The van der Waals surface area contributed by atoms with E-state index in [0.717, 1.165) is 31.7 Å². The maximum Gasteiger partial charge on any atom is 0.422 e. The number of halogens is 3. The van der Waals surface area contributed by atoms with Crippen molar-refractivity contribution in [1.29, 1.82) is 0 Å². The largest absolute Gasteiger partial charge is 0.473 e. The van der Waals surface area contributed by atoms with Crippen molar-refractivity contribution in [2.45, 2.75) is 52.4 Å². The van der Waals surface area contributed by atoms with E-state index in [1.54, 1.807) is 0 Å². The molecule has 28 heavy (non-hydrogen) atoms. The van der Waals surface area contributed by atoms with Gasteiger partial charge in [-0.1, -0.05) is 80.8 Å². The van der Waals surface area contributed by atoms with Gasteiger partial charge < -0.3 is 14.6 Å². The summed E-state index contributed by atoms with van der Waals surface area (Å²) >= 11 is 17.9. The van der Waals surface area contributed by atoms with Crippen LogP contribution in [0.3, 0.4) is 0 Å². The van der Waals surface area contributed by atoms with E-state index >= 15 is 0 Å². The molecule has 1 atom stereocenters. The van der Waals surface area contributed by atoms with Crippen molar-refractivity contribution in [2.75, 3.05) is 6.61 Å². The summed E-state index contributed by atoms with van der Waals surface area (Å²) in [4.78, 5) is 34.5. The molecule has 0 aliphatic carbocycles. The van der Waals surface area contributed by atoms with Gasteiger partial charge in [0.1, 0.15) is 5.56 Å². The van der Waals surface area contributed by atoms with Crippen LogP contribution in [0.15, 0.2) is 6.07 Å². The van der Waals surface area contributed by atoms with Gasteiger partial charge in [-0.25, -0.2) is 14.4 Å². The highest BCUT2D eigenvalue weighted by atomic mass is 35.5. The zero-order chi connectivity index (χ0) is 21.3. The molecule has 1 rings (SSSR count). The third-order valence-corrected chi connectivity index (χ3v) is 5.29. The second-order valence-corrected chi connectivity index (χ2v) is 7.60. The fourth-order valence-corrected chi connectivity index (χ4v) is 3.11. The molecule has 1 aromatic rings. The highest BCUT2D eigenvalue weighted by molar-refractivity contribution is 6.46. The van der Waals surface area contributed by atoms with Crippen LogP contribution in [-0.4, -0.2) is 29.6 Å². The average Bonchev–Trinajstić information content (AvgIpc) is 2.64. The third-order valence-electron chi connectivity index (χ3n) is 4.22. The van der Waals surface area contributed by atoms with Crippen molar-refractivity contribution in [3.8, 4) is 5.75 Å². The van der Waals surface area contributed by atoms with Gasteiger partial charge >= 0.3 is 17.9 Å². The summed E-state index contributed by atoms with van der Waals surface area (Å²) < 4.78 is 9.84. The number of carbonyl (C=O) groups is 3. The van der Waals surface area contributed by atoms with E-state index < -0.39 is 23.7 Å². The lowest BCUT2D eigenvalue weighted by molar-refractivity contribution is -0.158. The first-order chi connectivity index (χ1) is 13.2. The number of benzene rings is 1. The summed E-state index contributed by atoms with van der Waals surface area (Å²) in [5, 5.41) is 8.16. The molecule has 0 amide bonds. The fraction of sp³-hybridized carbons (Fsp3) is 0.526. The maximum absolute atomic E-state index is 12.4. The van der Waals surface area contributed by atoms with Crippen molar-refractivity contribution >= 4 is 52.7 Å². The topological polar surface area (TPSA) is 89.9 Å². The quantitative estimate of drug-likeness (QED) is 0.158. The zero-order valence-corrected chi connectivity index (χ0v) is 18.0. The van der Waals surface area contributed by atoms with Crippen LogP contribution in [0.4, 0.5) is 0 Å². The molecule has 0 spiro atoms. The number of unbranched alkanes of at least 4 members (excludes halogenated alkanes) is 3. The van der Waals surface area contributed by atoms with E-state index in [1.165, 1.54) is 6.42 Å². The van der Waals surface area contributed by atoms with Gasteiger partial charge in [0.05, 0.1) is 21.7 Å². The molecule has 0 aliphatic rings. The molecule has 1 N–H and O–H groups in total. The Morgan fingerprint density at radius 1 is 1.07 bits per heavy atom. The SMILES string of the molecule is CCC(C)CCCCCCOC(=O)c1c(Cl)c(Cl)cc(Cl)c1OC(=O)C(=O)O. The zero-order valence-electron chi connectivity index (χ0n) is 15.7. The molecule has 0 aliphatic heterocycles. The number of ether oxygens (including phenoxy) is 2. The summed E-state index contributed by atoms with van der Waals surface area (Å²) in [5.74, 6) is -4.15. The maximum atomic E-state index is 12.4. The summed E-state index contributed by atoms with van der Waals surface area (Å²) in [7, 11) is 0. The van der Waals surface area contributed by atoms with Gasteiger partial charge in [-0.15, -0.1) is 0 Å². The van der Waals surface area contributed by atoms with Gasteiger partial charge in [-0.3, -0.25) is 0 Å². The minimum absolute atomic E-state index is 0.0567. The highest BCUT2D eigenvalue weighted by Crippen LogP contribution is 2.39. The normalized spacial score (nSPS) is 11.8. The fourth-order valence-electron chi connectivity index (χ4n) is 2.39. The number of carbonyl (C=O) groups excluding carboxylic acids is 2. The minimum Gasteiger partial charge on any atom is -0.473 e. The summed E-state index contributed by atoms with van der Waals surface area (Å²) in [5.41, 5.74) is -0.384. The van der Waals surface area contributed by atoms with E-state index in [-0.39, 0.29) is 27.2 Å². The lowest BCUT2D eigenvalue weighted by Crippen LogP contribution is -2.21. The smallest absolute Gasteiger partial charge is 0.422 e. The van der Waals surface area contributed by atoms with Crippen molar-refractivity contribution in [1.82, 2.24) is 0 Å². The monoisotopic (exact) mass is 452 g/mol. The van der Waals surface area contributed by atoms with Crippen molar-refractivity contribution in [2.24, 2.45) is 5.92 Å². The number of aliphatic carboxylic acids is 1. The van der Waals surface area contributed by atoms with E-state index in [9.17, 15) is 14.4 Å². The van der Waals surface area contributed by atoms with E-state index in [2.05, 4.69) is 18.6 Å². The molecule has 0 saturated carbocycles. The molecule has 156 valence electrons. The van der Waals surface area contributed by atoms with E-state index in [0.29, 0.717) is 12.3 Å². The second kappa shape index (κ2) is 12.1. The van der Waals surface area contributed by atoms with Crippen molar-refractivity contribution in [3.05, 3.63) is 26.7 Å². The molecular formula is C19H23Cl3O6. The Bertz CT molecular complexity index is 720. The second-order valence-electron chi connectivity index (χ2n) is 6.41. The highest BCUT2D eigenvalue weighted by Gasteiger charge is 2.27. The molecule has 0 aromatic heterocycles. The summed E-state index contributed by atoms with van der Waals surface area (Å²) in [6.45, 7) is 4.52. The number of hydrogen-bond donors (Lipinski definition) is 1. The first-order valence-electron chi connectivity index (χ1n) is 8.98. The van der Waals surface area contributed by atoms with Gasteiger partial charge in [0, 0.05) is 0 Å². The van der Waals surface area contributed by atoms with Crippen LogP contribution in [0.5, 0.6) is 5.75 Å². The molecule has 0 saturated heterocycles. The molecule has 0 radical (unpaired) electrons. The van der Waals surface area contributed by atoms with Gasteiger partial charge in [0.25, 0.3) is 0 Å². The predicted octanol–water partition coefficient (Wildman–Crippen LogP) is 5.79. The standard InChI is InChI=1S/C19H23Cl3O6/c1-3-11(2)8-6-4-5-7-9-27-18(25)14-15(22)12(20)10-13(21)16(14)28-19(26)17(23)24/h10-11H,3-9H2,1-2H3,(H,23,24). The van der Waals surface area contributed by atoms with Crippen molar-refractivity contribution in [3.63, 3.8) is 0 Å². The Morgan fingerprint density at radius 2 is 1.71 bits per heavy atom. The lowest BCUT2D eigenvalue weighted by atomic mass is 10.0. The Labute approximate surface area is 179 Å². The molecule has 0 bridgehead atoms. The van der Waals surface area contributed by atoms with Gasteiger partial charge in [0.15, 0.2) is 5.75 Å². The summed E-state index contributed by atoms with van der Waals surface area (Å²) in [6, 6.07) is 1.14. The minimum atomic E-state index is -1.85. The van der Waals surface area contributed by atoms with Crippen LogP contribution in [0.1, 0.15) is 62.7 Å². The third kappa shape index (κ3) is 7.49. The molecule has 0 heterocycles. The van der Waals surface area contributed by atoms with Gasteiger partial charge in [0.2, 0.25) is 0 Å². The Balaban J connectivity index is 2.71. The molecule has 1 unspecified atom stereocenters.